The van der Waals surface area contributed by atoms with E-state index >= 15 is 0 Å². The number of alkyl halides is 2. The second kappa shape index (κ2) is 10.8. The highest BCUT2D eigenvalue weighted by molar-refractivity contribution is 6.00. The lowest BCUT2D eigenvalue weighted by molar-refractivity contribution is -0.154. The lowest BCUT2D eigenvalue weighted by Crippen LogP contribution is -2.29. The molecule has 9 nitrogen and oxygen atoms in total. The largest absolute Gasteiger partial charge is 0.468 e. The van der Waals surface area contributed by atoms with Crippen LogP contribution in [0.3, 0.4) is 0 Å². The highest BCUT2D eigenvalue weighted by Crippen LogP contribution is 2.37. The summed E-state index contributed by atoms with van der Waals surface area (Å²) in [5, 5.41) is 2.96. The van der Waals surface area contributed by atoms with Crippen LogP contribution in [0.4, 0.5) is 19.0 Å². The Morgan fingerprint density at radius 3 is 2.24 bits per heavy atom. The number of anilines is 1. The molecule has 2 heterocycles. The Morgan fingerprint density at radius 1 is 1.09 bits per heavy atom. The molecule has 1 N–H and O–H groups in total. The Kier molecular flexibility index (Phi) is 8.05. The van der Waals surface area contributed by atoms with Crippen LogP contribution in [0.5, 0.6) is 0 Å². The number of nitrogens with zero attached hydrogens (tertiary/aromatic N) is 2. The van der Waals surface area contributed by atoms with Crippen LogP contribution < -0.4 is 5.32 Å². The summed E-state index contributed by atoms with van der Waals surface area (Å²) in [6.45, 7) is 3.50. The first-order chi connectivity index (χ1) is 16.2. The monoisotopic (exact) mass is 483 g/mol. The van der Waals surface area contributed by atoms with Crippen molar-refractivity contribution in [3.05, 3.63) is 52.2 Å². The first kappa shape index (κ1) is 25.4. The quantitative estimate of drug-likeness (QED) is 0.446. The summed E-state index contributed by atoms with van der Waals surface area (Å²) >= 11 is 0. The van der Waals surface area contributed by atoms with Gasteiger partial charge in [-0.05, 0) is 13.8 Å². The van der Waals surface area contributed by atoms with Gasteiger partial charge in [0.05, 0.1) is 50.3 Å². The predicted octanol–water partition coefficient (Wildman–Crippen LogP) is 3.51. The maximum absolute atomic E-state index is 14.7. The van der Waals surface area contributed by atoms with E-state index in [1.54, 1.807) is 6.92 Å². The minimum absolute atomic E-state index is 0.0349. The van der Waals surface area contributed by atoms with Gasteiger partial charge in [-0.3, -0.25) is 9.59 Å². The van der Waals surface area contributed by atoms with Crippen molar-refractivity contribution in [2.75, 3.05) is 32.8 Å². The molecule has 1 aromatic heterocycles. The van der Waals surface area contributed by atoms with Crippen LogP contribution in [-0.2, 0) is 28.5 Å². The van der Waals surface area contributed by atoms with Gasteiger partial charge in [-0.2, -0.15) is 0 Å². The zero-order chi connectivity index (χ0) is 25.0. The number of rotatable bonds is 8. The first-order valence-corrected chi connectivity index (χ1v) is 10.3. The number of benzene rings is 1. The molecule has 0 aliphatic carbocycles. The third-order valence-corrected chi connectivity index (χ3v) is 5.20. The van der Waals surface area contributed by atoms with Crippen LogP contribution in [0.2, 0.25) is 0 Å². The van der Waals surface area contributed by atoms with Crippen molar-refractivity contribution in [1.82, 2.24) is 9.97 Å². The molecule has 12 heteroatoms. The number of carbonyl (C=O) groups is 2. The van der Waals surface area contributed by atoms with E-state index in [-0.39, 0.29) is 41.7 Å². The molecule has 0 radical (unpaired) electrons. The predicted molar refractivity (Wildman–Crippen MR) is 112 cm³/mol. The van der Waals surface area contributed by atoms with E-state index in [1.807, 2.05) is 0 Å². The van der Waals surface area contributed by atoms with Gasteiger partial charge in [0.15, 0.2) is 12.2 Å². The molecule has 3 rings (SSSR count). The number of esters is 2. The lowest BCUT2D eigenvalue weighted by atomic mass is 9.98. The van der Waals surface area contributed by atoms with E-state index in [4.69, 9.17) is 18.9 Å². The van der Waals surface area contributed by atoms with Crippen molar-refractivity contribution in [1.29, 1.82) is 0 Å². The van der Waals surface area contributed by atoms with Crippen molar-refractivity contribution >= 4 is 17.8 Å². The molecule has 0 spiro atoms. The first-order valence-electron chi connectivity index (χ1n) is 10.3. The second-order valence-electron chi connectivity index (χ2n) is 7.39. The summed E-state index contributed by atoms with van der Waals surface area (Å²) in [6, 6.07) is 2.84. The number of aromatic nitrogens is 2. The fourth-order valence-electron chi connectivity index (χ4n) is 3.60. The number of methoxy groups -OCH3 is 2. The number of aryl methyl sites for hydroxylation is 1. The average Bonchev–Trinajstić information content (AvgIpc) is 3.32. The number of nitrogens with one attached hydrogen (secondary N) is 1. The fraction of sp³-hybridized carbons (Fsp3) is 0.455. The summed E-state index contributed by atoms with van der Waals surface area (Å²) in [5.74, 6) is -4.26. The molecule has 1 saturated heterocycles. The van der Waals surface area contributed by atoms with Crippen LogP contribution in [-0.4, -0.2) is 49.3 Å². The summed E-state index contributed by atoms with van der Waals surface area (Å²) in [6.07, 6.45) is -4.05. The molecular weight excluding hydrogens is 459 g/mol. The van der Waals surface area contributed by atoms with Gasteiger partial charge in [0.2, 0.25) is 0 Å². The topological polar surface area (TPSA) is 109 Å². The SMILES string of the molecule is COC(=O)C(C(=O)OC)c1nc(C)nc(N[C@H](C)c2cccc(C(F)F)c2F)c1C1OCCO1. The second-order valence-corrected chi connectivity index (χ2v) is 7.39. The van der Waals surface area contributed by atoms with Crippen LogP contribution in [0.15, 0.2) is 18.2 Å². The van der Waals surface area contributed by atoms with Crippen molar-refractivity contribution in [2.45, 2.75) is 38.5 Å². The Labute approximate surface area is 193 Å². The van der Waals surface area contributed by atoms with Gasteiger partial charge in [-0.15, -0.1) is 0 Å². The smallest absolute Gasteiger partial charge is 0.326 e. The van der Waals surface area contributed by atoms with Gasteiger partial charge in [-0.25, -0.2) is 23.1 Å². The molecule has 184 valence electrons. The normalized spacial score (nSPS) is 15.0. The molecule has 34 heavy (non-hydrogen) atoms. The molecule has 1 atom stereocenters. The molecule has 0 saturated carbocycles. The van der Waals surface area contributed by atoms with Gasteiger partial charge >= 0.3 is 11.9 Å². The van der Waals surface area contributed by atoms with Gasteiger partial charge < -0.3 is 24.3 Å². The van der Waals surface area contributed by atoms with Crippen molar-refractivity contribution in [3.8, 4) is 0 Å². The van der Waals surface area contributed by atoms with E-state index in [1.165, 1.54) is 19.1 Å². The third kappa shape index (κ3) is 5.12. The summed E-state index contributed by atoms with van der Waals surface area (Å²) < 4.78 is 61.8. The highest BCUT2D eigenvalue weighted by Gasteiger charge is 2.39. The maximum atomic E-state index is 14.7. The summed E-state index contributed by atoms with van der Waals surface area (Å²) in [5.41, 5.74) is -0.729. The lowest BCUT2D eigenvalue weighted by Gasteiger charge is -2.24. The Balaban J connectivity index is 2.13. The van der Waals surface area contributed by atoms with E-state index in [0.29, 0.717) is 0 Å². The number of halogens is 3. The Morgan fingerprint density at radius 2 is 1.68 bits per heavy atom. The van der Waals surface area contributed by atoms with E-state index in [2.05, 4.69) is 15.3 Å². The highest BCUT2D eigenvalue weighted by atomic mass is 19.3. The molecule has 1 aromatic carbocycles. The van der Waals surface area contributed by atoms with E-state index < -0.39 is 48.0 Å². The molecule has 0 amide bonds. The fourth-order valence-corrected chi connectivity index (χ4v) is 3.60. The van der Waals surface area contributed by atoms with Crippen molar-refractivity contribution in [2.24, 2.45) is 0 Å². The van der Waals surface area contributed by atoms with Crippen molar-refractivity contribution in [3.63, 3.8) is 0 Å². The summed E-state index contributed by atoms with van der Waals surface area (Å²) in [4.78, 5) is 33.6. The van der Waals surface area contributed by atoms with Gasteiger partial charge in [-0.1, -0.05) is 18.2 Å². The summed E-state index contributed by atoms with van der Waals surface area (Å²) in [7, 11) is 2.21. The maximum Gasteiger partial charge on any atom is 0.326 e. The van der Waals surface area contributed by atoms with Crippen LogP contribution in [0.1, 0.15) is 59.8 Å². The zero-order valence-electron chi connectivity index (χ0n) is 18.9. The Hall–Kier alpha value is -3.25. The van der Waals surface area contributed by atoms with Gasteiger partial charge in [0, 0.05) is 5.56 Å². The van der Waals surface area contributed by atoms with Crippen molar-refractivity contribution < 1.29 is 41.7 Å². The number of hydrogen-bond donors (Lipinski definition) is 1. The number of ether oxygens (including phenoxy) is 4. The van der Waals surface area contributed by atoms with E-state index in [9.17, 15) is 22.8 Å². The average molecular weight is 483 g/mol. The number of hydrogen-bond acceptors (Lipinski definition) is 9. The van der Waals surface area contributed by atoms with Crippen LogP contribution in [0, 0.1) is 12.7 Å². The van der Waals surface area contributed by atoms with Gasteiger partial charge in [0.1, 0.15) is 17.5 Å². The van der Waals surface area contributed by atoms with E-state index in [0.717, 1.165) is 20.3 Å². The Bertz CT molecular complexity index is 1050. The number of carbonyl (C=O) groups excluding carboxylic acids is 2. The van der Waals surface area contributed by atoms with Crippen LogP contribution >= 0.6 is 0 Å². The molecule has 1 aliphatic rings. The molecule has 1 aliphatic heterocycles. The zero-order valence-corrected chi connectivity index (χ0v) is 18.9. The minimum Gasteiger partial charge on any atom is -0.468 e. The molecule has 0 unspecified atom stereocenters. The third-order valence-electron chi connectivity index (χ3n) is 5.20. The molecule has 2 aromatic rings. The molecular formula is C22H24F3N3O6. The van der Waals surface area contributed by atoms with Crippen LogP contribution in [0.25, 0.3) is 0 Å². The molecule has 0 bridgehead atoms. The van der Waals surface area contributed by atoms with Gasteiger partial charge in [0.25, 0.3) is 6.43 Å². The molecule has 1 fully saturated rings. The minimum atomic E-state index is -2.99. The standard InChI is InChI=1S/C22H24F3N3O6/c1-10(12-6-5-7-13(16(12)23)18(24)25)26-19-14(22-33-8-9-34-22)17(27-11(2)28-19)15(20(29)31-3)21(30)32-4/h5-7,10,15,18,22H,8-9H2,1-4H3,(H,26,27,28)/t10-/m1/s1.